The van der Waals surface area contributed by atoms with Gasteiger partial charge < -0.3 is 20.7 Å². The lowest BCUT2D eigenvalue weighted by atomic mass is 9.87. The van der Waals surface area contributed by atoms with Crippen LogP contribution in [0.4, 0.5) is 19.2 Å². The molecule has 0 spiro atoms. The standard InChI is InChI=1S/C27H31ClN2O3.C18H24N2O2.C12H14N4O2.C9H9N5O2/c1-17-14-18-12-13-20(28)15-19(18)16-23(17)25(33-22-10-6-3-7-11-22)24-26(31)30(27(32)29-24)21-8-4-2-5-9-21;1-12(2)11-20-16(21)15(19-17(20)22)10-13-6-8-14(9-7-13)18(3,4)5;1-12(2,3)9-6-13-7(5-14-9)4-8-10(17)16-11(18)15-8;1-4-10-5(2)12-7(11-4)3-6-8(15)14-9(16)13-6/h12-16,21-22H,2-11H2,1H3,(H,29,32);6-10,12H,11H2,1-5H3,(H,19,22);4-6H,1-3H3,(H2,15,16,17,18);3H,1-2H3,(H2,13,14,15,16)/b25-24+;15-10-;8-4-;6-3-. The lowest BCUT2D eigenvalue weighted by molar-refractivity contribution is -0.125. The average molecular weight is 1230 g/mol. The van der Waals surface area contributed by atoms with Gasteiger partial charge in [-0.15, -0.1) is 0 Å². The number of urea groups is 4. The number of aryl methyl sites for hydroxylation is 3. The summed E-state index contributed by atoms with van der Waals surface area (Å²) in [6.07, 6.45) is 18.3. The Labute approximate surface area is 523 Å². The number of hydrogen-bond donors (Lipinski definition) is 6. The van der Waals surface area contributed by atoms with Crippen LogP contribution in [-0.4, -0.2) is 101 Å². The predicted molar refractivity (Wildman–Crippen MR) is 338 cm³/mol. The number of nitrogens with one attached hydrogen (secondary N) is 6. The Morgan fingerprint density at radius 1 is 0.618 bits per heavy atom. The van der Waals surface area contributed by atoms with Crippen molar-refractivity contribution < 1.29 is 43.1 Å². The third kappa shape index (κ3) is 17.3. The van der Waals surface area contributed by atoms with E-state index in [4.69, 9.17) is 16.3 Å². The van der Waals surface area contributed by atoms with Gasteiger partial charge in [0.05, 0.1) is 23.7 Å². The molecule has 6 aliphatic rings. The average Bonchev–Trinajstić information content (AvgIpc) is 1.84. The van der Waals surface area contributed by atoms with Crippen LogP contribution in [0.25, 0.3) is 34.8 Å². The Morgan fingerprint density at radius 3 is 1.78 bits per heavy atom. The number of ether oxygens (including phenoxy) is 1. The van der Waals surface area contributed by atoms with Crippen LogP contribution in [0.5, 0.6) is 0 Å². The number of amides is 12. The van der Waals surface area contributed by atoms with E-state index in [2.05, 4.69) is 95.8 Å². The summed E-state index contributed by atoms with van der Waals surface area (Å²) in [5, 5.41) is 17.2. The molecular weight excluding hydrogens is 1150 g/mol. The van der Waals surface area contributed by atoms with Gasteiger partial charge in [0.15, 0.2) is 17.3 Å². The van der Waals surface area contributed by atoms with Crippen LogP contribution in [0.3, 0.4) is 0 Å². The fourth-order valence-corrected chi connectivity index (χ4v) is 10.8. The SMILES string of the molecule is CC(C)(C)c1cnc(/C=C2\NC(=O)NC2=O)cn1.CC(C)CN1C(=O)N/C(=C\c2ccc(C(C)(C)C)cc2)C1=O.Cc1cc2ccc(Cl)cc2cc1/C(OC1CCCCC1)=C1\NC(=O)N(C2CCCCC2)C1=O.Cc1nc(C)nc(/C=C2\NC(=O)NC2=O)n1. The number of carbonyl (C=O) groups is 8. The molecule has 2 aliphatic carbocycles. The van der Waals surface area contributed by atoms with Gasteiger partial charge in [0, 0.05) is 40.9 Å². The first kappa shape index (κ1) is 65.8. The second kappa shape index (κ2) is 28.3. The second-order valence-corrected chi connectivity index (χ2v) is 25.5. The Kier molecular flexibility index (Phi) is 20.9. The molecule has 2 aromatic heterocycles. The fourth-order valence-electron chi connectivity index (χ4n) is 10.6. The lowest BCUT2D eigenvalue weighted by Gasteiger charge is -2.28. The van der Waals surface area contributed by atoms with E-state index < -0.39 is 23.9 Å². The number of halogens is 1. The summed E-state index contributed by atoms with van der Waals surface area (Å²) in [4.78, 5) is 118. The zero-order valence-corrected chi connectivity index (χ0v) is 53.0. The normalized spacial score (nSPS) is 19.3. The zero-order chi connectivity index (χ0) is 64.5. The van der Waals surface area contributed by atoms with Crippen molar-refractivity contribution in [2.24, 2.45) is 5.92 Å². The minimum Gasteiger partial charge on any atom is -0.487 e. The van der Waals surface area contributed by atoms with Crippen molar-refractivity contribution in [3.63, 3.8) is 0 Å². The molecule has 89 heavy (non-hydrogen) atoms. The quantitative estimate of drug-likeness (QED) is 0.0455. The first-order chi connectivity index (χ1) is 42.1. The highest BCUT2D eigenvalue weighted by molar-refractivity contribution is 6.31. The Balaban J connectivity index is 0.000000160. The molecule has 6 fully saturated rings. The smallest absolute Gasteiger partial charge is 0.329 e. The number of carbonyl (C=O) groups excluding carboxylic acids is 8. The number of imide groups is 4. The van der Waals surface area contributed by atoms with E-state index in [9.17, 15) is 38.4 Å². The van der Waals surface area contributed by atoms with Crippen molar-refractivity contribution in [1.82, 2.24) is 66.6 Å². The van der Waals surface area contributed by atoms with Crippen molar-refractivity contribution in [1.29, 1.82) is 0 Å². The molecular formula is C66H78ClN13O9. The van der Waals surface area contributed by atoms with Crippen LogP contribution in [0.2, 0.25) is 5.02 Å². The predicted octanol–water partition coefficient (Wildman–Crippen LogP) is 10.9. The van der Waals surface area contributed by atoms with Crippen molar-refractivity contribution in [2.75, 3.05) is 6.54 Å². The Morgan fingerprint density at radius 2 is 1.22 bits per heavy atom. The van der Waals surface area contributed by atoms with Gasteiger partial charge in [-0.25, -0.2) is 34.1 Å². The maximum Gasteiger partial charge on any atom is 0.329 e. The van der Waals surface area contributed by atoms with Gasteiger partial charge in [-0.2, -0.15) is 0 Å². The molecule has 12 amide bonds. The Bertz CT molecular complexity index is 3680. The third-order valence-corrected chi connectivity index (χ3v) is 15.4. The van der Waals surface area contributed by atoms with E-state index in [-0.39, 0.29) is 69.9 Å². The maximum absolute atomic E-state index is 13.6. The number of fused-ring (bicyclic) bond motifs is 1. The van der Waals surface area contributed by atoms with E-state index in [1.54, 1.807) is 32.3 Å². The molecule has 468 valence electrons. The van der Waals surface area contributed by atoms with Gasteiger partial charge in [-0.1, -0.05) is 129 Å². The number of aromatic nitrogens is 5. The monoisotopic (exact) mass is 1230 g/mol. The van der Waals surface area contributed by atoms with Gasteiger partial charge in [0.2, 0.25) is 0 Å². The summed E-state index contributed by atoms with van der Waals surface area (Å²) in [5.41, 5.74) is 6.32. The van der Waals surface area contributed by atoms with Gasteiger partial charge in [0.25, 0.3) is 23.6 Å². The van der Waals surface area contributed by atoms with E-state index >= 15 is 0 Å². The molecule has 3 aromatic carbocycles. The van der Waals surface area contributed by atoms with Crippen molar-refractivity contribution in [2.45, 2.75) is 163 Å². The highest BCUT2D eigenvalue weighted by Crippen LogP contribution is 2.36. The van der Waals surface area contributed by atoms with Crippen LogP contribution in [0.1, 0.15) is 171 Å². The van der Waals surface area contributed by atoms with Gasteiger partial charge in [0.1, 0.15) is 28.7 Å². The summed E-state index contributed by atoms with van der Waals surface area (Å²) in [7, 11) is 0. The molecule has 0 bridgehead atoms. The van der Waals surface area contributed by atoms with E-state index in [0.717, 1.165) is 90.9 Å². The maximum atomic E-state index is 13.6. The Hall–Kier alpha value is -9.18. The summed E-state index contributed by atoms with van der Waals surface area (Å²) in [6.45, 7) is 22.5. The van der Waals surface area contributed by atoms with Gasteiger partial charge in [-0.05, 0) is 128 Å². The van der Waals surface area contributed by atoms with Gasteiger partial charge in [-0.3, -0.25) is 54.9 Å². The molecule has 2 saturated carbocycles. The molecule has 23 heteroatoms. The van der Waals surface area contributed by atoms with Crippen LogP contribution >= 0.6 is 11.6 Å². The van der Waals surface area contributed by atoms with Crippen LogP contribution in [0, 0.1) is 26.7 Å². The number of rotatable bonds is 9. The molecule has 6 heterocycles. The summed E-state index contributed by atoms with van der Waals surface area (Å²) < 4.78 is 6.56. The van der Waals surface area contributed by atoms with Crippen molar-refractivity contribution >= 4 is 94.1 Å². The first-order valence-corrected chi connectivity index (χ1v) is 30.4. The molecule has 0 atom stereocenters. The van der Waals surface area contributed by atoms with Crippen LogP contribution in [-0.2, 0) is 34.7 Å². The van der Waals surface area contributed by atoms with Crippen LogP contribution in [0.15, 0.2) is 89.8 Å². The number of nitrogens with zero attached hydrogens (tertiary/aromatic N) is 7. The van der Waals surface area contributed by atoms with Crippen molar-refractivity contribution in [3.05, 3.63) is 146 Å². The highest BCUT2D eigenvalue weighted by atomic mass is 35.5. The molecule has 0 radical (unpaired) electrons. The molecule has 4 aliphatic heterocycles. The van der Waals surface area contributed by atoms with E-state index in [0.29, 0.717) is 46.2 Å². The van der Waals surface area contributed by atoms with Crippen LogP contribution < -0.4 is 31.9 Å². The summed E-state index contributed by atoms with van der Waals surface area (Å²) in [5.74, 6) is 0.757. The molecule has 4 saturated heterocycles. The number of hydrogen-bond acceptors (Lipinski definition) is 14. The first-order valence-electron chi connectivity index (χ1n) is 30.0. The third-order valence-electron chi connectivity index (χ3n) is 15.2. The molecule has 11 rings (SSSR count). The largest absolute Gasteiger partial charge is 0.487 e. The highest BCUT2D eigenvalue weighted by Gasteiger charge is 2.42. The van der Waals surface area contributed by atoms with Gasteiger partial charge >= 0.3 is 24.1 Å². The lowest BCUT2D eigenvalue weighted by Crippen LogP contribution is -2.41. The minimum atomic E-state index is -0.543. The summed E-state index contributed by atoms with van der Waals surface area (Å²) >= 11 is 6.26. The molecule has 5 aromatic rings. The van der Waals surface area contributed by atoms with Crippen molar-refractivity contribution in [3.8, 4) is 0 Å². The molecule has 0 unspecified atom stereocenters. The fraction of sp³-hybridized carbons (Fsp3) is 0.409. The topological polar surface area (TPSA) is 289 Å². The molecule has 22 nitrogen and oxygen atoms in total. The second-order valence-electron chi connectivity index (χ2n) is 25.1. The van der Waals surface area contributed by atoms with E-state index in [1.165, 1.54) is 33.9 Å². The van der Waals surface area contributed by atoms with E-state index in [1.807, 2.05) is 77.9 Å². The number of benzene rings is 3. The zero-order valence-electron chi connectivity index (χ0n) is 52.3. The summed E-state index contributed by atoms with van der Waals surface area (Å²) in [6, 6.07) is 16.2. The minimum absolute atomic E-state index is 0.0313. The molecule has 6 N–H and O–H groups in total.